The lowest BCUT2D eigenvalue weighted by Crippen LogP contribution is -2.41. The fraction of sp³-hybridized carbons (Fsp3) is 0.375. The van der Waals surface area contributed by atoms with Crippen molar-refractivity contribution in [3.05, 3.63) is 51.6 Å². The number of esters is 1. The number of carbonyl (C=O) groups is 3. The number of nitrogens with zero attached hydrogens (tertiary/aromatic N) is 3. The van der Waals surface area contributed by atoms with Crippen LogP contribution in [0.15, 0.2) is 45.7 Å². The summed E-state index contributed by atoms with van der Waals surface area (Å²) >= 11 is 2.49. The molecule has 190 valence electrons. The summed E-state index contributed by atoms with van der Waals surface area (Å²) in [5.41, 5.74) is 1.04. The third-order valence-corrected chi connectivity index (χ3v) is 7.62. The maximum Gasteiger partial charge on any atom is 0.409 e. The van der Waals surface area contributed by atoms with E-state index in [1.165, 1.54) is 18.4 Å². The molecule has 1 aliphatic heterocycles. The molecule has 10 nitrogen and oxygen atoms in total. The first-order valence-corrected chi connectivity index (χ1v) is 13.3. The van der Waals surface area contributed by atoms with Crippen molar-refractivity contribution in [3.8, 4) is 0 Å². The number of para-hydroxylation sites is 1. The first kappa shape index (κ1) is 25.7. The van der Waals surface area contributed by atoms with E-state index in [1.54, 1.807) is 46.7 Å². The van der Waals surface area contributed by atoms with Gasteiger partial charge in [0.25, 0.3) is 5.56 Å². The fourth-order valence-electron chi connectivity index (χ4n) is 4.05. The van der Waals surface area contributed by atoms with Crippen molar-refractivity contribution in [1.82, 2.24) is 14.5 Å². The Hall–Kier alpha value is -3.38. The molecule has 36 heavy (non-hydrogen) atoms. The summed E-state index contributed by atoms with van der Waals surface area (Å²) in [6.45, 7) is 3.00. The standard InChI is InChI=1S/C24H26N4O6S2/c1-3-34-24(32)27-11-8-15(9-12-27)28-21(30)20-18(10-13-35-20)26-23(28)36-14-19(29)25-17-7-5-4-6-16(17)22(31)33-2/h4-7,10,13,15H,3,8-9,11-12,14H2,1-2H3,(H,25,29). The van der Waals surface area contributed by atoms with Crippen LogP contribution < -0.4 is 10.9 Å². The molecule has 0 atom stereocenters. The number of likely N-dealkylation sites (tertiary alicyclic amines) is 1. The van der Waals surface area contributed by atoms with E-state index in [0.29, 0.717) is 53.6 Å². The summed E-state index contributed by atoms with van der Waals surface area (Å²) in [7, 11) is 1.28. The van der Waals surface area contributed by atoms with Gasteiger partial charge in [-0.25, -0.2) is 14.6 Å². The average Bonchev–Trinajstić information content (AvgIpc) is 3.37. The van der Waals surface area contributed by atoms with E-state index in [4.69, 9.17) is 9.47 Å². The van der Waals surface area contributed by atoms with Crippen molar-refractivity contribution in [2.45, 2.75) is 31.0 Å². The molecule has 0 radical (unpaired) electrons. The van der Waals surface area contributed by atoms with Gasteiger partial charge >= 0.3 is 12.1 Å². The summed E-state index contributed by atoms with van der Waals surface area (Å²) in [6, 6.07) is 8.21. The van der Waals surface area contributed by atoms with Gasteiger partial charge in [0.2, 0.25) is 5.91 Å². The third kappa shape index (κ3) is 5.54. The van der Waals surface area contributed by atoms with E-state index in [2.05, 4.69) is 10.3 Å². The summed E-state index contributed by atoms with van der Waals surface area (Å²) in [6.07, 6.45) is 0.793. The van der Waals surface area contributed by atoms with Crippen molar-refractivity contribution in [2.75, 3.05) is 37.9 Å². The van der Waals surface area contributed by atoms with Crippen molar-refractivity contribution < 1.29 is 23.9 Å². The molecule has 0 spiro atoms. The number of benzene rings is 1. The van der Waals surface area contributed by atoms with Crippen LogP contribution in [0.4, 0.5) is 10.5 Å². The molecular formula is C24H26N4O6S2. The Kier molecular flexibility index (Phi) is 8.26. The molecule has 2 aromatic heterocycles. The lowest BCUT2D eigenvalue weighted by atomic mass is 10.1. The van der Waals surface area contributed by atoms with Gasteiger partial charge in [0.15, 0.2) is 5.16 Å². The number of hydrogen-bond donors (Lipinski definition) is 1. The number of methoxy groups -OCH3 is 1. The normalized spacial score (nSPS) is 14.0. The zero-order chi connectivity index (χ0) is 25.7. The van der Waals surface area contributed by atoms with Gasteiger partial charge in [0.05, 0.1) is 36.2 Å². The van der Waals surface area contributed by atoms with Gasteiger partial charge in [-0.1, -0.05) is 23.9 Å². The molecule has 1 aromatic carbocycles. The van der Waals surface area contributed by atoms with Crippen molar-refractivity contribution in [2.24, 2.45) is 0 Å². The van der Waals surface area contributed by atoms with Crippen LogP contribution in [-0.4, -0.2) is 65.0 Å². The monoisotopic (exact) mass is 530 g/mol. The number of nitrogens with one attached hydrogen (secondary N) is 1. The lowest BCUT2D eigenvalue weighted by Gasteiger charge is -2.32. The Morgan fingerprint density at radius 3 is 2.67 bits per heavy atom. The Labute approximate surface area is 215 Å². The number of anilines is 1. The second-order valence-electron chi connectivity index (χ2n) is 8.00. The van der Waals surface area contributed by atoms with Gasteiger partial charge in [0, 0.05) is 19.1 Å². The first-order valence-electron chi connectivity index (χ1n) is 11.4. The highest BCUT2D eigenvalue weighted by atomic mass is 32.2. The number of thiophene rings is 1. The molecule has 3 heterocycles. The molecule has 1 aliphatic rings. The summed E-state index contributed by atoms with van der Waals surface area (Å²) < 4.78 is 12.1. The Morgan fingerprint density at radius 1 is 1.19 bits per heavy atom. The molecule has 0 unspecified atom stereocenters. The van der Waals surface area contributed by atoms with Crippen LogP contribution in [-0.2, 0) is 14.3 Å². The number of hydrogen-bond acceptors (Lipinski definition) is 9. The predicted molar refractivity (Wildman–Crippen MR) is 138 cm³/mol. The second kappa shape index (κ2) is 11.6. The third-order valence-electron chi connectivity index (χ3n) is 5.77. The van der Waals surface area contributed by atoms with Gasteiger partial charge in [-0.2, -0.15) is 0 Å². The second-order valence-corrected chi connectivity index (χ2v) is 9.85. The quantitative estimate of drug-likeness (QED) is 0.279. The smallest absolute Gasteiger partial charge is 0.409 e. The van der Waals surface area contributed by atoms with Crippen LogP contribution in [0.5, 0.6) is 0 Å². The molecule has 0 bridgehead atoms. The topological polar surface area (TPSA) is 120 Å². The van der Waals surface area contributed by atoms with E-state index in [-0.39, 0.29) is 34.9 Å². The number of thioether (sulfide) groups is 1. The number of amides is 2. The van der Waals surface area contributed by atoms with E-state index < -0.39 is 5.97 Å². The molecule has 0 aliphatic carbocycles. The number of piperidine rings is 1. The van der Waals surface area contributed by atoms with Crippen LogP contribution in [0.3, 0.4) is 0 Å². The minimum Gasteiger partial charge on any atom is -0.465 e. The molecule has 12 heteroatoms. The summed E-state index contributed by atoms with van der Waals surface area (Å²) in [4.78, 5) is 56.5. The van der Waals surface area contributed by atoms with E-state index >= 15 is 0 Å². The molecule has 1 N–H and O–H groups in total. The maximum absolute atomic E-state index is 13.4. The highest BCUT2D eigenvalue weighted by Gasteiger charge is 2.28. The van der Waals surface area contributed by atoms with Gasteiger partial charge in [-0.3, -0.25) is 14.2 Å². The predicted octanol–water partition coefficient (Wildman–Crippen LogP) is 3.77. The Morgan fingerprint density at radius 2 is 1.94 bits per heavy atom. The minimum absolute atomic E-state index is 0.0146. The molecule has 4 rings (SSSR count). The average molecular weight is 531 g/mol. The minimum atomic E-state index is -0.550. The van der Waals surface area contributed by atoms with Crippen molar-refractivity contribution >= 4 is 57.0 Å². The lowest BCUT2D eigenvalue weighted by molar-refractivity contribution is -0.113. The molecule has 3 aromatic rings. The zero-order valence-electron chi connectivity index (χ0n) is 19.9. The largest absolute Gasteiger partial charge is 0.465 e. The maximum atomic E-state index is 13.4. The van der Waals surface area contributed by atoms with E-state index in [1.807, 2.05) is 5.38 Å². The number of ether oxygens (including phenoxy) is 2. The molecule has 1 saturated heterocycles. The van der Waals surface area contributed by atoms with Crippen LogP contribution in [0.25, 0.3) is 10.2 Å². The van der Waals surface area contributed by atoms with Crippen LogP contribution in [0.2, 0.25) is 0 Å². The Balaban J connectivity index is 1.52. The Bertz CT molecular complexity index is 1330. The van der Waals surface area contributed by atoms with Crippen LogP contribution in [0.1, 0.15) is 36.2 Å². The number of carbonyl (C=O) groups excluding carboxylic acids is 3. The van der Waals surface area contributed by atoms with Crippen LogP contribution in [0, 0.1) is 0 Å². The van der Waals surface area contributed by atoms with Crippen molar-refractivity contribution in [3.63, 3.8) is 0 Å². The number of fused-ring (bicyclic) bond motifs is 1. The zero-order valence-corrected chi connectivity index (χ0v) is 21.5. The molecule has 1 fully saturated rings. The molecule has 0 saturated carbocycles. The first-order chi connectivity index (χ1) is 17.4. The SMILES string of the molecule is CCOC(=O)N1CCC(n2c(SCC(=O)Nc3ccccc3C(=O)OC)nc3ccsc3c2=O)CC1. The van der Waals surface area contributed by atoms with Gasteiger partial charge in [-0.15, -0.1) is 11.3 Å². The van der Waals surface area contributed by atoms with Gasteiger partial charge in [0.1, 0.15) is 4.70 Å². The van der Waals surface area contributed by atoms with E-state index in [9.17, 15) is 19.2 Å². The van der Waals surface area contributed by atoms with Gasteiger partial charge in [-0.05, 0) is 43.3 Å². The highest BCUT2D eigenvalue weighted by molar-refractivity contribution is 7.99. The number of rotatable bonds is 7. The summed E-state index contributed by atoms with van der Waals surface area (Å²) in [5, 5.41) is 5.00. The molecule has 2 amide bonds. The van der Waals surface area contributed by atoms with Crippen LogP contribution >= 0.6 is 23.1 Å². The van der Waals surface area contributed by atoms with Crippen molar-refractivity contribution in [1.29, 1.82) is 0 Å². The molecular weight excluding hydrogens is 504 g/mol. The highest BCUT2D eigenvalue weighted by Crippen LogP contribution is 2.29. The van der Waals surface area contributed by atoms with E-state index in [0.717, 1.165) is 11.8 Å². The fourth-order valence-corrected chi connectivity index (χ4v) is 5.68. The van der Waals surface area contributed by atoms with Gasteiger partial charge < -0.3 is 19.7 Å². The summed E-state index contributed by atoms with van der Waals surface area (Å²) in [5.74, 6) is -0.912. The number of aromatic nitrogens is 2.